The minimum atomic E-state index is 0.745. The Kier molecular flexibility index (Phi) is 3.44. The van der Waals surface area contributed by atoms with Gasteiger partial charge in [-0.05, 0) is 38.8 Å². The number of nitrogens with zero attached hydrogens (tertiary/aromatic N) is 1. The number of piperidine rings is 1. The van der Waals surface area contributed by atoms with E-state index < -0.39 is 0 Å². The van der Waals surface area contributed by atoms with Crippen LogP contribution in [-0.4, -0.2) is 30.1 Å². The summed E-state index contributed by atoms with van der Waals surface area (Å²) >= 11 is 7.74. The molecule has 2 atom stereocenters. The monoisotopic (exact) mass is 270 g/mol. The Balaban J connectivity index is 1.60. The molecule has 2 saturated heterocycles. The summed E-state index contributed by atoms with van der Waals surface area (Å²) in [7, 11) is 2.25. The summed E-state index contributed by atoms with van der Waals surface area (Å²) in [5, 5.41) is 6.60. The Bertz CT molecular complexity index is 381. The number of thiophene rings is 1. The quantitative estimate of drug-likeness (QED) is 0.908. The minimum Gasteiger partial charge on any atom is -0.311 e. The van der Waals surface area contributed by atoms with Gasteiger partial charge in [0.15, 0.2) is 0 Å². The SMILES string of the molecule is CN(Cc1cc(Cl)cs1)C1CC2CCC(C1)N2. The zero-order valence-electron chi connectivity index (χ0n) is 10.2. The molecule has 0 amide bonds. The molecule has 0 spiro atoms. The highest BCUT2D eigenvalue weighted by Crippen LogP contribution is 2.30. The molecule has 3 rings (SSSR count). The molecule has 0 radical (unpaired) electrons. The van der Waals surface area contributed by atoms with Gasteiger partial charge in [-0.1, -0.05) is 11.6 Å². The van der Waals surface area contributed by atoms with Crippen molar-refractivity contribution in [2.75, 3.05) is 7.05 Å². The van der Waals surface area contributed by atoms with Gasteiger partial charge in [-0.25, -0.2) is 0 Å². The third-order valence-electron chi connectivity index (χ3n) is 4.10. The Labute approximate surface area is 112 Å². The van der Waals surface area contributed by atoms with E-state index in [1.54, 1.807) is 11.3 Å². The van der Waals surface area contributed by atoms with E-state index in [2.05, 4.69) is 23.3 Å². The van der Waals surface area contributed by atoms with Crippen molar-refractivity contribution in [3.8, 4) is 0 Å². The first-order valence-corrected chi connectivity index (χ1v) is 7.65. The number of fused-ring (bicyclic) bond motifs is 2. The van der Waals surface area contributed by atoms with Crippen LogP contribution in [0.2, 0.25) is 5.02 Å². The van der Waals surface area contributed by atoms with E-state index in [9.17, 15) is 0 Å². The van der Waals surface area contributed by atoms with Gasteiger partial charge in [0.05, 0.1) is 5.02 Å². The van der Waals surface area contributed by atoms with Gasteiger partial charge in [-0.3, -0.25) is 4.90 Å². The van der Waals surface area contributed by atoms with E-state index in [1.807, 2.05) is 5.38 Å². The van der Waals surface area contributed by atoms with Crippen LogP contribution in [0.3, 0.4) is 0 Å². The molecule has 2 unspecified atom stereocenters. The summed E-state index contributed by atoms with van der Waals surface area (Å²) in [5.74, 6) is 0. The number of nitrogens with one attached hydrogen (secondary N) is 1. The molecule has 94 valence electrons. The van der Waals surface area contributed by atoms with Crippen molar-refractivity contribution in [1.29, 1.82) is 0 Å². The molecule has 2 bridgehead atoms. The Morgan fingerprint density at radius 2 is 2.12 bits per heavy atom. The van der Waals surface area contributed by atoms with Crippen LogP contribution in [0.5, 0.6) is 0 Å². The highest BCUT2D eigenvalue weighted by atomic mass is 35.5. The predicted molar refractivity (Wildman–Crippen MR) is 73.8 cm³/mol. The van der Waals surface area contributed by atoms with Crippen LogP contribution in [0.15, 0.2) is 11.4 Å². The molecule has 1 aromatic heterocycles. The van der Waals surface area contributed by atoms with Crippen LogP contribution < -0.4 is 5.32 Å². The molecular formula is C13H19ClN2S. The van der Waals surface area contributed by atoms with Crippen molar-refractivity contribution in [3.63, 3.8) is 0 Å². The smallest absolute Gasteiger partial charge is 0.0516 e. The van der Waals surface area contributed by atoms with E-state index in [4.69, 9.17) is 11.6 Å². The van der Waals surface area contributed by atoms with Crippen molar-refractivity contribution in [2.45, 2.75) is 50.4 Å². The molecule has 2 aliphatic heterocycles. The molecule has 2 fully saturated rings. The lowest BCUT2D eigenvalue weighted by atomic mass is 9.98. The van der Waals surface area contributed by atoms with E-state index in [-0.39, 0.29) is 0 Å². The molecule has 3 heterocycles. The Hall–Kier alpha value is -0.0900. The molecule has 0 aliphatic carbocycles. The predicted octanol–water partition coefficient (Wildman–Crippen LogP) is 3.12. The number of halogens is 1. The summed E-state index contributed by atoms with van der Waals surface area (Å²) < 4.78 is 0. The van der Waals surface area contributed by atoms with Crippen LogP contribution >= 0.6 is 22.9 Å². The lowest BCUT2D eigenvalue weighted by Crippen LogP contribution is -2.46. The second-order valence-electron chi connectivity index (χ2n) is 5.41. The van der Waals surface area contributed by atoms with Crippen molar-refractivity contribution in [1.82, 2.24) is 10.2 Å². The summed E-state index contributed by atoms with van der Waals surface area (Å²) in [6.07, 6.45) is 5.37. The molecule has 2 aliphatic rings. The largest absolute Gasteiger partial charge is 0.311 e. The zero-order chi connectivity index (χ0) is 11.8. The van der Waals surface area contributed by atoms with E-state index >= 15 is 0 Å². The number of rotatable bonds is 3. The van der Waals surface area contributed by atoms with Crippen molar-refractivity contribution in [2.24, 2.45) is 0 Å². The molecule has 1 aromatic rings. The van der Waals surface area contributed by atoms with Gasteiger partial charge in [-0.2, -0.15) is 0 Å². The summed E-state index contributed by atoms with van der Waals surface area (Å²) in [5.41, 5.74) is 0. The maximum Gasteiger partial charge on any atom is 0.0516 e. The van der Waals surface area contributed by atoms with E-state index in [0.717, 1.165) is 29.7 Å². The maximum absolute atomic E-state index is 5.97. The third kappa shape index (κ3) is 2.68. The second-order valence-corrected chi connectivity index (χ2v) is 6.84. The van der Waals surface area contributed by atoms with Gasteiger partial charge in [0.1, 0.15) is 0 Å². The first-order chi connectivity index (χ1) is 8.20. The number of hydrogen-bond donors (Lipinski definition) is 1. The van der Waals surface area contributed by atoms with Crippen LogP contribution in [0, 0.1) is 0 Å². The second kappa shape index (κ2) is 4.88. The summed E-state index contributed by atoms with van der Waals surface area (Å²) in [6.45, 7) is 1.04. The fourth-order valence-electron chi connectivity index (χ4n) is 3.20. The summed E-state index contributed by atoms with van der Waals surface area (Å²) in [4.78, 5) is 3.89. The lowest BCUT2D eigenvalue weighted by molar-refractivity contribution is 0.167. The van der Waals surface area contributed by atoms with E-state index in [0.29, 0.717) is 0 Å². The average molecular weight is 271 g/mol. The molecule has 4 heteroatoms. The number of hydrogen-bond acceptors (Lipinski definition) is 3. The normalized spacial score (nSPS) is 32.3. The van der Waals surface area contributed by atoms with Crippen LogP contribution in [0.25, 0.3) is 0 Å². The molecule has 1 N–H and O–H groups in total. The Morgan fingerprint density at radius 3 is 2.71 bits per heavy atom. The van der Waals surface area contributed by atoms with Crippen LogP contribution in [0.4, 0.5) is 0 Å². The topological polar surface area (TPSA) is 15.3 Å². The van der Waals surface area contributed by atoms with Crippen molar-refractivity contribution in [3.05, 3.63) is 21.3 Å². The fraction of sp³-hybridized carbons (Fsp3) is 0.692. The van der Waals surface area contributed by atoms with Gasteiger partial charge in [0.25, 0.3) is 0 Å². The highest BCUT2D eigenvalue weighted by molar-refractivity contribution is 7.10. The van der Waals surface area contributed by atoms with Crippen molar-refractivity contribution >= 4 is 22.9 Å². The van der Waals surface area contributed by atoms with Gasteiger partial charge < -0.3 is 5.32 Å². The van der Waals surface area contributed by atoms with Crippen LogP contribution in [0.1, 0.15) is 30.6 Å². The van der Waals surface area contributed by atoms with Gasteiger partial charge in [-0.15, -0.1) is 11.3 Å². The lowest BCUT2D eigenvalue weighted by Gasteiger charge is -2.35. The molecular weight excluding hydrogens is 252 g/mol. The molecule has 0 aromatic carbocycles. The van der Waals surface area contributed by atoms with Gasteiger partial charge in [0.2, 0.25) is 0 Å². The minimum absolute atomic E-state index is 0.745. The summed E-state index contributed by atoms with van der Waals surface area (Å²) in [6, 6.07) is 4.38. The standard InChI is InChI=1S/C13H19ClN2S/c1-16(7-13-4-9(14)8-17-13)12-5-10-2-3-11(6-12)15-10/h4,8,10-12,15H,2-3,5-7H2,1H3. The van der Waals surface area contributed by atoms with Crippen LogP contribution in [-0.2, 0) is 6.54 Å². The van der Waals surface area contributed by atoms with Gasteiger partial charge in [0, 0.05) is 34.9 Å². The highest BCUT2D eigenvalue weighted by Gasteiger charge is 2.34. The third-order valence-corrected chi connectivity index (χ3v) is 5.37. The first kappa shape index (κ1) is 12.0. The molecule has 17 heavy (non-hydrogen) atoms. The molecule has 2 nitrogen and oxygen atoms in total. The maximum atomic E-state index is 5.97. The van der Waals surface area contributed by atoms with Crippen molar-refractivity contribution < 1.29 is 0 Å². The fourth-order valence-corrected chi connectivity index (χ4v) is 4.33. The first-order valence-electron chi connectivity index (χ1n) is 6.40. The zero-order valence-corrected chi connectivity index (χ0v) is 11.7. The Morgan fingerprint density at radius 1 is 1.41 bits per heavy atom. The molecule has 0 saturated carbocycles. The average Bonchev–Trinajstić information content (AvgIpc) is 2.85. The van der Waals surface area contributed by atoms with Gasteiger partial charge >= 0.3 is 0 Å². The van der Waals surface area contributed by atoms with E-state index in [1.165, 1.54) is 30.6 Å².